The average Bonchev–Trinajstić information content (AvgIpc) is 3.33. The lowest BCUT2D eigenvalue weighted by Crippen LogP contribution is -2.28. The minimum absolute atomic E-state index is 0.0435. The summed E-state index contributed by atoms with van der Waals surface area (Å²) in [5.74, 6) is 0.810. The van der Waals surface area contributed by atoms with Crippen molar-refractivity contribution in [1.82, 2.24) is 24.8 Å². The third-order valence-corrected chi connectivity index (χ3v) is 5.61. The van der Waals surface area contributed by atoms with E-state index in [0.29, 0.717) is 37.8 Å². The van der Waals surface area contributed by atoms with Gasteiger partial charge in [-0.15, -0.1) is 0 Å². The number of aromatic nitrogens is 4. The smallest absolute Gasteiger partial charge is 0.253 e. The Bertz CT molecular complexity index is 1060. The normalized spacial score (nSPS) is 15.7. The van der Waals surface area contributed by atoms with Crippen LogP contribution in [-0.4, -0.2) is 64.5 Å². The van der Waals surface area contributed by atoms with Crippen molar-refractivity contribution in [2.75, 3.05) is 38.7 Å². The zero-order valence-corrected chi connectivity index (χ0v) is 18.7. The molecule has 0 spiro atoms. The van der Waals surface area contributed by atoms with E-state index in [1.165, 1.54) is 6.33 Å². The highest BCUT2D eigenvalue weighted by Crippen LogP contribution is 2.34. The number of benzene rings is 1. The Hall–Kier alpha value is -3.39. The fourth-order valence-electron chi connectivity index (χ4n) is 3.89. The summed E-state index contributed by atoms with van der Waals surface area (Å²) in [4.78, 5) is 34.5. The predicted octanol–water partition coefficient (Wildman–Crippen LogP) is 3.17. The molecule has 0 bridgehead atoms. The van der Waals surface area contributed by atoms with Crippen molar-refractivity contribution in [3.8, 4) is 11.1 Å². The molecule has 0 radical (unpaired) electrons. The van der Waals surface area contributed by atoms with Gasteiger partial charge in [-0.25, -0.2) is 19.9 Å². The third-order valence-electron chi connectivity index (χ3n) is 5.61. The first-order valence-electron chi connectivity index (χ1n) is 10.8. The number of nitrogens with zero attached hydrogens (tertiary/aromatic N) is 6. The van der Waals surface area contributed by atoms with Crippen LogP contribution in [0.5, 0.6) is 0 Å². The maximum atomic E-state index is 13.1. The van der Waals surface area contributed by atoms with Crippen molar-refractivity contribution < 1.29 is 9.53 Å². The molecule has 1 saturated heterocycles. The molecule has 8 heteroatoms. The highest BCUT2D eigenvalue weighted by molar-refractivity contribution is 5.94. The summed E-state index contributed by atoms with van der Waals surface area (Å²) in [5, 5.41) is 0. The van der Waals surface area contributed by atoms with E-state index in [-0.39, 0.29) is 11.8 Å². The Kier molecular flexibility index (Phi) is 6.70. The van der Waals surface area contributed by atoms with Gasteiger partial charge in [0.15, 0.2) is 0 Å². The average molecular weight is 433 g/mol. The molecule has 0 unspecified atom stereocenters. The minimum Gasteiger partial charge on any atom is -0.377 e. The Labute approximate surface area is 188 Å². The zero-order valence-electron chi connectivity index (χ0n) is 18.7. The van der Waals surface area contributed by atoms with Crippen molar-refractivity contribution in [1.29, 1.82) is 0 Å². The van der Waals surface area contributed by atoms with Crippen LogP contribution in [0.25, 0.3) is 11.1 Å². The van der Waals surface area contributed by atoms with E-state index < -0.39 is 0 Å². The molecule has 1 aliphatic heterocycles. The third kappa shape index (κ3) is 4.75. The molecule has 0 saturated carbocycles. The lowest BCUT2D eigenvalue weighted by atomic mass is 9.97. The summed E-state index contributed by atoms with van der Waals surface area (Å²) < 4.78 is 5.44. The molecule has 32 heavy (non-hydrogen) atoms. The first-order chi connectivity index (χ1) is 15.6. The summed E-state index contributed by atoms with van der Waals surface area (Å²) in [6, 6.07) is 7.67. The first kappa shape index (κ1) is 21.8. The van der Waals surface area contributed by atoms with Crippen LogP contribution in [0.4, 0.5) is 5.95 Å². The standard InChI is InChI=1S/C24H28N6O2/c1-4-32-15-17-5-7-18(8-6-17)23(31)30-10-9-19(14-30)22-21(20-11-25-16-26-12-20)13-27-24(28-22)29(2)3/h5-8,11-13,16,19H,4,9-10,14-15H2,1-3H3/t19-/m1/s1. The van der Waals surface area contributed by atoms with Gasteiger partial charge in [-0.05, 0) is 31.0 Å². The number of ether oxygens (including phenoxy) is 1. The molecule has 1 fully saturated rings. The molecule has 166 valence electrons. The van der Waals surface area contributed by atoms with Crippen LogP contribution in [0.2, 0.25) is 0 Å². The van der Waals surface area contributed by atoms with Gasteiger partial charge in [0.2, 0.25) is 5.95 Å². The van der Waals surface area contributed by atoms with Crippen LogP contribution in [-0.2, 0) is 11.3 Å². The van der Waals surface area contributed by atoms with Gasteiger partial charge in [0.1, 0.15) is 6.33 Å². The number of carbonyl (C=O) groups excluding carboxylic acids is 1. The van der Waals surface area contributed by atoms with Crippen molar-refractivity contribution in [3.63, 3.8) is 0 Å². The lowest BCUT2D eigenvalue weighted by Gasteiger charge is -2.19. The number of hydrogen-bond acceptors (Lipinski definition) is 7. The van der Waals surface area contributed by atoms with Gasteiger partial charge >= 0.3 is 0 Å². The zero-order chi connectivity index (χ0) is 22.5. The van der Waals surface area contributed by atoms with Crippen molar-refractivity contribution >= 4 is 11.9 Å². The molecular formula is C24H28N6O2. The molecule has 3 heterocycles. The number of carbonyl (C=O) groups is 1. The SMILES string of the molecule is CCOCc1ccc(C(=O)N2CC[C@@H](c3nc(N(C)C)ncc3-c3cncnc3)C2)cc1. The molecule has 1 amide bonds. The van der Waals surface area contributed by atoms with Gasteiger partial charge < -0.3 is 14.5 Å². The fraction of sp³-hybridized carbons (Fsp3) is 0.375. The highest BCUT2D eigenvalue weighted by Gasteiger charge is 2.31. The molecule has 4 rings (SSSR count). The lowest BCUT2D eigenvalue weighted by molar-refractivity contribution is 0.0790. The van der Waals surface area contributed by atoms with E-state index in [1.54, 1.807) is 12.4 Å². The van der Waals surface area contributed by atoms with E-state index in [2.05, 4.69) is 15.0 Å². The maximum Gasteiger partial charge on any atom is 0.253 e. The molecule has 0 N–H and O–H groups in total. The fourth-order valence-corrected chi connectivity index (χ4v) is 3.89. The number of anilines is 1. The first-order valence-corrected chi connectivity index (χ1v) is 10.8. The van der Waals surface area contributed by atoms with Gasteiger partial charge in [-0.1, -0.05) is 12.1 Å². The van der Waals surface area contributed by atoms with Gasteiger partial charge in [0.25, 0.3) is 5.91 Å². The Morgan fingerprint density at radius 3 is 2.59 bits per heavy atom. The molecule has 1 aliphatic rings. The summed E-state index contributed by atoms with van der Waals surface area (Å²) in [6.07, 6.45) is 7.73. The Morgan fingerprint density at radius 2 is 1.91 bits per heavy atom. The van der Waals surface area contributed by atoms with Crippen LogP contribution in [0.3, 0.4) is 0 Å². The van der Waals surface area contributed by atoms with Gasteiger partial charge in [0.05, 0.1) is 12.3 Å². The molecule has 1 atom stereocenters. The van der Waals surface area contributed by atoms with Crippen LogP contribution >= 0.6 is 0 Å². The minimum atomic E-state index is 0.0435. The van der Waals surface area contributed by atoms with E-state index in [9.17, 15) is 4.79 Å². The number of amides is 1. The van der Waals surface area contributed by atoms with Crippen LogP contribution in [0, 0.1) is 0 Å². The van der Waals surface area contributed by atoms with Gasteiger partial charge in [-0.2, -0.15) is 0 Å². The molecule has 0 aliphatic carbocycles. The molecule has 1 aromatic carbocycles. The monoisotopic (exact) mass is 432 g/mol. The molecular weight excluding hydrogens is 404 g/mol. The predicted molar refractivity (Wildman–Crippen MR) is 122 cm³/mol. The van der Waals surface area contributed by atoms with E-state index >= 15 is 0 Å². The maximum absolute atomic E-state index is 13.1. The summed E-state index contributed by atoms with van der Waals surface area (Å²) in [6.45, 7) is 4.51. The van der Waals surface area contributed by atoms with Crippen LogP contribution < -0.4 is 4.90 Å². The number of rotatable bonds is 7. The Balaban J connectivity index is 1.55. The van der Waals surface area contributed by atoms with Gasteiger partial charge in [0, 0.05) is 75.0 Å². The summed E-state index contributed by atoms with van der Waals surface area (Å²) in [7, 11) is 3.84. The Morgan fingerprint density at radius 1 is 1.16 bits per heavy atom. The van der Waals surface area contributed by atoms with E-state index in [1.807, 2.05) is 61.3 Å². The summed E-state index contributed by atoms with van der Waals surface area (Å²) in [5.41, 5.74) is 4.48. The van der Waals surface area contributed by atoms with Crippen LogP contribution in [0.15, 0.2) is 49.2 Å². The molecule has 2 aromatic heterocycles. The van der Waals surface area contributed by atoms with Gasteiger partial charge in [-0.3, -0.25) is 4.79 Å². The topological polar surface area (TPSA) is 84.3 Å². The second kappa shape index (κ2) is 9.82. The number of hydrogen-bond donors (Lipinski definition) is 0. The largest absolute Gasteiger partial charge is 0.377 e. The second-order valence-electron chi connectivity index (χ2n) is 8.06. The second-order valence-corrected chi connectivity index (χ2v) is 8.06. The van der Waals surface area contributed by atoms with E-state index in [4.69, 9.17) is 9.72 Å². The van der Waals surface area contributed by atoms with Crippen LogP contribution in [0.1, 0.15) is 40.9 Å². The summed E-state index contributed by atoms with van der Waals surface area (Å²) >= 11 is 0. The van der Waals surface area contributed by atoms with Crippen molar-refractivity contribution in [2.45, 2.75) is 25.9 Å². The van der Waals surface area contributed by atoms with Crippen molar-refractivity contribution in [2.24, 2.45) is 0 Å². The highest BCUT2D eigenvalue weighted by atomic mass is 16.5. The van der Waals surface area contributed by atoms with E-state index in [0.717, 1.165) is 28.8 Å². The quantitative estimate of drug-likeness (QED) is 0.567. The van der Waals surface area contributed by atoms with Crippen molar-refractivity contribution in [3.05, 3.63) is 66.0 Å². The molecule has 3 aromatic rings. The number of likely N-dealkylation sites (tertiary alicyclic amines) is 1. The molecule has 8 nitrogen and oxygen atoms in total.